The van der Waals surface area contributed by atoms with E-state index in [9.17, 15) is 14.7 Å². The van der Waals surface area contributed by atoms with Gasteiger partial charge in [0.1, 0.15) is 0 Å². The summed E-state index contributed by atoms with van der Waals surface area (Å²) in [6.07, 6.45) is 2.14. The molecule has 5 nitrogen and oxygen atoms in total. The van der Waals surface area contributed by atoms with Gasteiger partial charge in [0, 0.05) is 25.2 Å². The van der Waals surface area contributed by atoms with Crippen LogP contribution >= 0.6 is 0 Å². The normalized spacial score (nSPS) is 17.5. The summed E-state index contributed by atoms with van der Waals surface area (Å²) in [5.74, 6) is -0.681. The summed E-state index contributed by atoms with van der Waals surface area (Å²) in [5, 5.41) is 9.19. The number of hydrogen-bond acceptors (Lipinski definition) is 3. The van der Waals surface area contributed by atoms with Gasteiger partial charge in [0.05, 0.1) is 5.41 Å². The van der Waals surface area contributed by atoms with Gasteiger partial charge in [0.2, 0.25) is 5.91 Å². The van der Waals surface area contributed by atoms with Crippen LogP contribution in [0.15, 0.2) is 24.3 Å². The Labute approximate surface area is 124 Å². The molecule has 1 fully saturated rings. The van der Waals surface area contributed by atoms with Gasteiger partial charge >= 0.3 is 5.97 Å². The van der Waals surface area contributed by atoms with E-state index in [1.54, 1.807) is 11.8 Å². The SMILES string of the molecule is CC1(C(=O)O)CCN(C(=O)CCc2cccc(N)c2)CC1. The number of carbonyl (C=O) groups excluding carboxylic acids is 1. The molecular weight excluding hydrogens is 268 g/mol. The number of nitrogens with two attached hydrogens (primary N) is 1. The van der Waals surface area contributed by atoms with Gasteiger partial charge in [-0.2, -0.15) is 0 Å². The minimum Gasteiger partial charge on any atom is -0.481 e. The Morgan fingerprint density at radius 1 is 1.33 bits per heavy atom. The van der Waals surface area contributed by atoms with E-state index < -0.39 is 11.4 Å². The van der Waals surface area contributed by atoms with Crippen molar-refractivity contribution in [1.82, 2.24) is 4.90 Å². The first-order valence-electron chi connectivity index (χ1n) is 7.26. The monoisotopic (exact) mass is 290 g/mol. The van der Waals surface area contributed by atoms with Gasteiger partial charge in [0.25, 0.3) is 0 Å². The van der Waals surface area contributed by atoms with Crippen LogP contribution in [0.5, 0.6) is 0 Å². The number of carboxylic acid groups (broad SMARTS) is 1. The highest BCUT2D eigenvalue weighted by molar-refractivity contribution is 5.78. The van der Waals surface area contributed by atoms with Gasteiger partial charge < -0.3 is 15.7 Å². The highest BCUT2D eigenvalue weighted by atomic mass is 16.4. The van der Waals surface area contributed by atoms with E-state index in [0.29, 0.717) is 44.5 Å². The van der Waals surface area contributed by atoms with Crippen molar-refractivity contribution >= 4 is 17.6 Å². The molecule has 1 heterocycles. The van der Waals surface area contributed by atoms with E-state index in [1.165, 1.54) is 0 Å². The maximum atomic E-state index is 12.2. The molecule has 0 aromatic heterocycles. The molecule has 3 N–H and O–H groups in total. The van der Waals surface area contributed by atoms with Gasteiger partial charge in [-0.15, -0.1) is 0 Å². The van der Waals surface area contributed by atoms with E-state index in [2.05, 4.69) is 0 Å². The lowest BCUT2D eigenvalue weighted by Crippen LogP contribution is -2.45. The lowest BCUT2D eigenvalue weighted by Gasteiger charge is -2.36. The predicted molar refractivity (Wildman–Crippen MR) is 80.7 cm³/mol. The summed E-state index contributed by atoms with van der Waals surface area (Å²) in [4.78, 5) is 25.1. The number of amides is 1. The van der Waals surface area contributed by atoms with Crippen molar-refractivity contribution in [2.75, 3.05) is 18.8 Å². The molecule has 1 aliphatic heterocycles. The Morgan fingerprint density at radius 3 is 2.57 bits per heavy atom. The minimum atomic E-state index is -0.769. The molecule has 21 heavy (non-hydrogen) atoms. The van der Waals surface area contributed by atoms with Crippen LogP contribution in [0, 0.1) is 5.41 Å². The molecule has 1 aliphatic rings. The summed E-state index contributed by atoms with van der Waals surface area (Å²) in [5.41, 5.74) is 6.78. The Bertz CT molecular complexity index is 534. The smallest absolute Gasteiger partial charge is 0.309 e. The van der Waals surface area contributed by atoms with E-state index >= 15 is 0 Å². The van der Waals surface area contributed by atoms with Crippen molar-refractivity contribution in [3.05, 3.63) is 29.8 Å². The second kappa shape index (κ2) is 6.16. The molecule has 0 radical (unpaired) electrons. The topological polar surface area (TPSA) is 83.6 Å². The zero-order chi connectivity index (χ0) is 15.5. The molecule has 0 spiro atoms. The summed E-state index contributed by atoms with van der Waals surface area (Å²) >= 11 is 0. The first kappa shape index (κ1) is 15.4. The number of hydrogen-bond donors (Lipinski definition) is 2. The van der Waals surface area contributed by atoms with Crippen molar-refractivity contribution in [2.24, 2.45) is 5.41 Å². The quantitative estimate of drug-likeness (QED) is 0.830. The van der Waals surface area contributed by atoms with Crippen molar-refractivity contribution in [2.45, 2.75) is 32.6 Å². The second-order valence-electron chi connectivity index (χ2n) is 5.99. The highest BCUT2D eigenvalue weighted by Gasteiger charge is 2.37. The van der Waals surface area contributed by atoms with Gasteiger partial charge in [-0.3, -0.25) is 9.59 Å². The molecule has 5 heteroatoms. The Hall–Kier alpha value is -2.04. The van der Waals surface area contributed by atoms with Crippen LogP contribution < -0.4 is 5.73 Å². The van der Waals surface area contributed by atoms with Crippen LogP contribution in [-0.2, 0) is 16.0 Å². The zero-order valence-electron chi connectivity index (χ0n) is 12.3. The van der Waals surface area contributed by atoms with Crippen LogP contribution in [0.2, 0.25) is 0 Å². The molecule has 0 aliphatic carbocycles. The first-order valence-corrected chi connectivity index (χ1v) is 7.26. The summed E-state index contributed by atoms with van der Waals surface area (Å²) in [7, 11) is 0. The third-order valence-electron chi connectivity index (χ3n) is 4.31. The fourth-order valence-electron chi connectivity index (χ4n) is 2.62. The van der Waals surface area contributed by atoms with Crippen molar-refractivity contribution < 1.29 is 14.7 Å². The van der Waals surface area contributed by atoms with E-state index in [1.807, 2.05) is 24.3 Å². The van der Waals surface area contributed by atoms with Crippen LogP contribution in [0.1, 0.15) is 31.7 Å². The third kappa shape index (κ3) is 3.74. The zero-order valence-corrected chi connectivity index (χ0v) is 12.3. The number of carbonyl (C=O) groups is 2. The maximum Gasteiger partial charge on any atom is 0.309 e. The fourth-order valence-corrected chi connectivity index (χ4v) is 2.62. The summed E-state index contributed by atoms with van der Waals surface area (Å²) < 4.78 is 0. The third-order valence-corrected chi connectivity index (χ3v) is 4.31. The molecular formula is C16H22N2O3. The van der Waals surface area contributed by atoms with E-state index in [0.717, 1.165) is 5.56 Å². The Morgan fingerprint density at radius 2 is 2.00 bits per heavy atom. The number of anilines is 1. The van der Waals surface area contributed by atoms with Crippen LogP contribution in [0.3, 0.4) is 0 Å². The van der Waals surface area contributed by atoms with Crippen molar-refractivity contribution in [3.63, 3.8) is 0 Å². The predicted octanol–water partition coefficient (Wildman–Crippen LogP) is 1.91. The molecule has 0 bridgehead atoms. The number of likely N-dealkylation sites (tertiary alicyclic amines) is 1. The second-order valence-corrected chi connectivity index (χ2v) is 5.99. The molecule has 1 aromatic carbocycles. The number of piperidine rings is 1. The van der Waals surface area contributed by atoms with Gasteiger partial charge in [-0.25, -0.2) is 0 Å². The van der Waals surface area contributed by atoms with Gasteiger partial charge in [-0.05, 0) is 43.9 Å². The molecule has 2 rings (SSSR count). The number of nitrogen functional groups attached to an aromatic ring is 1. The van der Waals surface area contributed by atoms with E-state index in [-0.39, 0.29) is 5.91 Å². The highest BCUT2D eigenvalue weighted by Crippen LogP contribution is 2.31. The number of aryl methyl sites for hydroxylation is 1. The number of rotatable bonds is 4. The average Bonchev–Trinajstić information content (AvgIpc) is 2.45. The lowest BCUT2D eigenvalue weighted by molar-refractivity contribution is -0.153. The standard InChI is InChI=1S/C16H22N2O3/c1-16(15(20)21)7-9-18(10-8-16)14(19)6-5-12-3-2-4-13(17)11-12/h2-4,11H,5-10,17H2,1H3,(H,20,21). The molecule has 0 unspecified atom stereocenters. The summed E-state index contributed by atoms with van der Waals surface area (Å²) in [6.45, 7) is 2.81. The molecule has 1 aromatic rings. The maximum absolute atomic E-state index is 12.2. The molecule has 0 saturated carbocycles. The molecule has 1 amide bonds. The lowest BCUT2D eigenvalue weighted by atomic mass is 9.80. The minimum absolute atomic E-state index is 0.0878. The van der Waals surface area contributed by atoms with Crippen LogP contribution in [-0.4, -0.2) is 35.0 Å². The Kier molecular flexibility index (Phi) is 4.50. The van der Waals surface area contributed by atoms with Gasteiger partial charge in [-0.1, -0.05) is 12.1 Å². The van der Waals surface area contributed by atoms with Gasteiger partial charge in [0.15, 0.2) is 0 Å². The average molecular weight is 290 g/mol. The van der Waals surface area contributed by atoms with E-state index in [4.69, 9.17) is 5.73 Å². The largest absolute Gasteiger partial charge is 0.481 e. The first-order chi connectivity index (χ1) is 9.90. The number of nitrogens with zero attached hydrogens (tertiary/aromatic N) is 1. The molecule has 0 atom stereocenters. The molecule has 114 valence electrons. The summed E-state index contributed by atoms with van der Waals surface area (Å²) in [6, 6.07) is 7.54. The number of aliphatic carboxylic acids is 1. The van der Waals surface area contributed by atoms with Crippen molar-refractivity contribution in [3.8, 4) is 0 Å². The number of carboxylic acids is 1. The van der Waals surface area contributed by atoms with Crippen LogP contribution in [0.4, 0.5) is 5.69 Å². The Balaban J connectivity index is 1.84. The molecule has 1 saturated heterocycles. The number of benzene rings is 1. The fraction of sp³-hybridized carbons (Fsp3) is 0.500. The van der Waals surface area contributed by atoms with Crippen LogP contribution in [0.25, 0.3) is 0 Å². The van der Waals surface area contributed by atoms with Crippen molar-refractivity contribution in [1.29, 1.82) is 0 Å².